The van der Waals surface area contributed by atoms with Crippen molar-refractivity contribution in [2.24, 2.45) is 5.92 Å². The molecule has 150 valence electrons. The fourth-order valence-corrected chi connectivity index (χ4v) is 3.90. The van der Waals surface area contributed by atoms with Gasteiger partial charge >= 0.3 is 6.09 Å². The van der Waals surface area contributed by atoms with Crippen LogP contribution in [0.15, 0.2) is 18.2 Å². The Morgan fingerprint density at radius 2 is 1.96 bits per heavy atom. The first-order valence-electron chi connectivity index (χ1n) is 9.41. The van der Waals surface area contributed by atoms with E-state index in [0.717, 1.165) is 45.4 Å². The third kappa shape index (κ3) is 4.79. The Kier molecular flexibility index (Phi) is 6.70. The molecule has 6 nitrogen and oxygen atoms in total. The fourth-order valence-electron chi connectivity index (χ4n) is 3.90. The average molecular weight is 399 g/mol. The number of piperidine rings is 1. The number of rotatable bonds is 5. The van der Waals surface area contributed by atoms with Gasteiger partial charge in [-0.15, -0.1) is 0 Å². The van der Waals surface area contributed by atoms with Gasteiger partial charge in [-0.05, 0) is 50.4 Å². The van der Waals surface area contributed by atoms with Gasteiger partial charge in [0.1, 0.15) is 19.3 Å². The van der Waals surface area contributed by atoms with E-state index in [9.17, 15) is 9.18 Å². The molecule has 0 N–H and O–H groups in total. The molecule has 0 saturated carbocycles. The number of carbonyl (C=O) groups is 1. The second-order valence-corrected chi connectivity index (χ2v) is 7.25. The highest BCUT2D eigenvalue weighted by Gasteiger charge is 2.28. The summed E-state index contributed by atoms with van der Waals surface area (Å²) >= 11 is 0. The van der Waals surface area contributed by atoms with Crippen molar-refractivity contribution in [3.05, 3.63) is 24.0 Å². The number of hydrogen-bond acceptors (Lipinski definition) is 5. The van der Waals surface area contributed by atoms with Gasteiger partial charge in [0.15, 0.2) is 17.3 Å². The summed E-state index contributed by atoms with van der Waals surface area (Å²) in [5.41, 5.74) is 0. The topological polar surface area (TPSA) is 51.2 Å². The number of nitrogens with zero attached hydrogens (tertiary/aromatic N) is 2. The first kappa shape index (κ1) is 20.1. The van der Waals surface area contributed by atoms with E-state index in [1.807, 2.05) is 0 Å². The summed E-state index contributed by atoms with van der Waals surface area (Å²) in [6.07, 6.45) is 2.94. The molecule has 0 radical (unpaired) electrons. The molecule has 3 heterocycles. The summed E-state index contributed by atoms with van der Waals surface area (Å²) in [4.78, 5) is 15.6. The van der Waals surface area contributed by atoms with E-state index in [4.69, 9.17) is 14.2 Å². The molecule has 4 rings (SSSR count). The van der Waals surface area contributed by atoms with E-state index >= 15 is 0 Å². The fraction of sp³-hybridized carbons (Fsp3) is 0.632. The number of para-hydroxylation sites is 1. The van der Waals surface area contributed by atoms with Gasteiger partial charge in [0.05, 0.1) is 6.54 Å². The largest absolute Gasteiger partial charge is 0.486 e. The van der Waals surface area contributed by atoms with Crippen LogP contribution in [0.3, 0.4) is 0 Å². The van der Waals surface area contributed by atoms with Crippen molar-refractivity contribution in [2.75, 3.05) is 45.9 Å². The second kappa shape index (κ2) is 9.01. The number of ether oxygens (including phenoxy) is 3. The number of benzene rings is 1. The molecule has 3 aliphatic rings. The zero-order valence-electron chi connectivity index (χ0n) is 15.4. The summed E-state index contributed by atoms with van der Waals surface area (Å²) < 4.78 is 30.3. The lowest BCUT2D eigenvalue weighted by Crippen LogP contribution is -2.44. The maximum Gasteiger partial charge on any atom is 0.409 e. The Bertz CT molecular complexity index is 655. The summed E-state index contributed by atoms with van der Waals surface area (Å²) in [7, 11) is 0. The van der Waals surface area contributed by atoms with E-state index in [1.165, 1.54) is 6.07 Å². The average Bonchev–Trinajstić information content (AvgIpc) is 3.07. The molecular weight excluding hydrogens is 371 g/mol. The molecule has 1 amide bonds. The maximum atomic E-state index is 13.9. The van der Waals surface area contributed by atoms with E-state index in [1.54, 1.807) is 17.0 Å². The summed E-state index contributed by atoms with van der Waals surface area (Å²) in [6, 6.07) is 4.76. The van der Waals surface area contributed by atoms with Gasteiger partial charge < -0.3 is 19.1 Å². The minimum absolute atomic E-state index is 0. The van der Waals surface area contributed by atoms with Crippen LogP contribution in [0.25, 0.3) is 0 Å². The van der Waals surface area contributed by atoms with Gasteiger partial charge in [-0.2, -0.15) is 13.5 Å². The van der Waals surface area contributed by atoms with Crippen molar-refractivity contribution in [3.63, 3.8) is 0 Å². The van der Waals surface area contributed by atoms with Crippen LogP contribution in [-0.2, 0) is 4.74 Å². The Morgan fingerprint density at radius 1 is 1.15 bits per heavy atom. The van der Waals surface area contributed by atoms with Crippen LogP contribution < -0.4 is 9.47 Å². The molecule has 0 spiro atoms. The number of hydrogen-bond donors (Lipinski definition) is 0. The van der Waals surface area contributed by atoms with Crippen LogP contribution in [0.4, 0.5) is 9.18 Å². The number of halogens is 1. The van der Waals surface area contributed by atoms with Crippen molar-refractivity contribution in [1.29, 1.82) is 0 Å². The zero-order chi connectivity index (χ0) is 17.9. The van der Waals surface area contributed by atoms with E-state index in [-0.39, 0.29) is 37.3 Å². The van der Waals surface area contributed by atoms with Crippen LogP contribution in [0.1, 0.15) is 19.3 Å². The summed E-state index contributed by atoms with van der Waals surface area (Å²) in [5.74, 6) is 0.990. The monoisotopic (exact) mass is 398 g/mol. The van der Waals surface area contributed by atoms with Gasteiger partial charge in [0.2, 0.25) is 0 Å². The highest BCUT2D eigenvalue weighted by atomic mass is 32.1. The lowest BCUT2D eigenvalue weighted by molar-refractivity contribution is 0.0434. The molecule has 2 saturated heterocycles. The van der Waals surface area contributed by atoms with Crippen molar-refractivity contribution in [1.82, 2.24) is 9.80 Å². The smallest absolute Gasteiger partial charge is 0.409 e. The quantitative estimate of drug-likeness (QED) is 0.763. The van der Waals surface area contributed by atoms with Gasteiger partial charge in [-0.25, -0.2) is 9.18 Å². The Hall–Kier alpha value is -1.67. The first-order chi connectivity index (χ1) is 12.7. The number of cyclic esters (lactones) is 1. The minimum atomic E-state index is -0.369. The van der Waals surface area contributed by atoms with E-state index in [2.05, 4.69) is 4.90 Å². The van der Waals surface area contributed by atoms with Crippen LogP contribution in [0.5, 0.6) is 11.5 Å². The number of amides is 1. The molecule has 0 unspecified atom stereocenters. The Morgan fingerprint density at radius 3 is 2.70 bits per heavy atom. The third-order valence-corrected chi connectivity index (χ3v) is 5.46. The normalized spacial score (nSPS) is 23.1. The third-order valence-electron chi connectivity index (χ3n) is 5.46. The summed E-state index contributed by atoms with van der Waals surface area (Å²) in [5, 5.41) is 0. The van der Waals surface area contributed by atoms with Crippen LogP contribution in [0.2, 0.25) is 0 Å². The standard InChI is InChI=1S/C19H25FN2O4.H2S/c20-16-2-1-3-17-18(16)26-15(13-25-17)12-21-7-4-14(5-8-21)6-9-22-10-11-24-19(22)23;/h1-3,14-15H,4-13H2;1H2/t15-;/m0./s1. The first-order valence-corrected chi connectivity index (χ1v) is 9.41. The van der Waals surface area contributed by atoms with Crippen molar-refractivity contribution >= 4 is 19.6 Å². The van der Waals surface area contributed by atoms with Crippen molar-refractivity contribution in [3.8, 4) is 11.5 Å². The maximum absolute atomic E-state index is 13.9. The van der Waals surface area contributed by atoms with Gasteiger partial charge in [0.25, 0.3) is 0 Å². The molecule has 2 fully saturated rings. The molecule has 1 aromatic carbocycles. The molecule has 3 aliphatic heterocycles. The molecule has 0 bridgehead atoms. The molecule has 27 heavy (non-hydrogen) atoms. The number of likely N-dealkylation sites (tertiary alicyclic amines) is 1. The lowest BCUT2D eigenvalue weighted by Gasteiger charge is -2.36. The van der Waals surface area contributed by atoms with Crippen LogP contribution >= 0.6 is 13.5 Å². The number of carbonyl (C=O) groups excluding carboxylic acids is 1. The Balaban J connectivity index is 0.00000210. The molecule has 8 heteroatoms. The summed E-state index contributed by atoms with van der Waals surface area (Å²) in [6.45, 7) is 5.23. The van der Waals surface area contributed by atoms with Gasteiger partial charge in [-0.1, -0.05) is 6.07 Å². The van der Waals surface area contributed by atoms with E-state index in [0.29, 0.717) is 31.4 Å². The molecule has 1 aromatic rings. The highest BCUT2D eigenvalue weighted by Crippen LogP contribution is 2.34. The molecule has 0 aromatic heterocycles. The van der Waals surface area contributed by atoms with Crippen LogP contribution in [-0.4, -0.2) is 67.9 Å². The van der Waals surface area contributed by atoms with Crippen molar-refractivity contribution < 1.29 is 23.4 Å². The van der Waals surface area contributed by atoms with Crippen LogP contribution in [0, 0.1) is 11.7 Å². The molecule has 1 atom stereocenters. The minimum Gasteiger partial charge on any atom is -0.486 e. The predicted octanol–water partition coefficient (Wildman–Crippen LogP) is 2.63. The number of fused-ring (bicyclic) bond motifs is 1. The Labute approximate surface area is 166 Å². The van der Waals surface area contributed by atoms with Gasteiger partial charge in [-0.3, -0.25) is 4.90 Å². The van der Waals surface area contributed by atoms with Crippen molar-refractivity contribution in [2.45, 2.75) is 25.4 Å². The SMILES string of the molecule is O=C1OCCN1CCC1CCN(C[C@H]2COc3cccc(F)c3O2)CC1.S. The lowest BCUT2D eigenvalue weighted by atomic mass is 9.93. The zero-order valence-corrected chi connectivity index (χ0v) is 16.4. The second-order valence-electron chi connectivity index (χ2n) is 7.25. The van der Waals surface area contributed by atoms with Gasteiger partial charge in [0, 0.05) is 13.1 Å². The highest BCUT2D eigenvalue weighted by molar-refractivity contribution is 7.59. The predicted molar refractivity (Wildman–Crippen MR) is 103 cm³/mol. The van der Waals surface area contributed by atoms with E-state index < -0.39 is 0 Å². The molecule has 0 aliphatic carbocycles. The molecular formula is C19H27FN2O4S.